The van der Waals surface area contributed by atoms with E-state index in [0.29, 0.717) is 6.61 Å². The minimum atomic E-state index is -1.25. The largest absolute Gasteiger partial charge is 0.465 e. The summed E-state index contributed by atoms with van der Waals surface area (Å²) < 4.78 is 5.79. The number of hydrogen-bond acceptors (Lipinski definition) is 4. The van der Waals surface area contributed by atoms with Crippen LogP contribution in [0.2, 0.25) is 0 Å². The molecular formula is C20H22N2O5. The van der Waals surface area contributed by atoms with Gasteiger partial charge in [0.25, 0.3) is 5.91 Å². The van der Waals surface area contributed by atoms with Crippen molar-refractivity contribution in [3.05, 3.63) is 71.8 Å². The number of carbonyl (C=O) groups is 2. The molecule has 0 aliphatic carbocycles. The Morgan fingerprint density at radius 1 is 1.11 bits per heavy atom. The number of carboxylic acid groups (broad SMARTS) is 1. The first kappa shape index (κ1) is 18.9. The fourth-order valence-electron chi connectivity index (χ4n) is 2.88. The molecule has 1 heterocycles. The second-order valence-corrected chi connectivity index (χ2v) is 6.31. The van der Waals surface area contributed by atoms with E-state index in [0.717, 1.165) is 11.1 Å². The summed E-state index contributed by atoms with van der Waals surface area (Å²) in [7, 11) is 0. The molecule has 0 bridgehead atoms. The average Bonchev–Trinajstić information content (AvgIpc) is 3.16. The van der Waals surface area contributed by atoms with Crippen LogP contribution in [0.25, 0.3) is 0 Å². The van der Waals surface area contributed by atoms with Crippen LogP contribution in [0.5, 0.6) is 0 Å². The minimum absolute atomic E-state index is 0.251. The van der Waals surface area contributed by atoms with Gasteiger partial charge in [0.05, 0.1) is 13.2 Å². The second kappa shape index (κ2) is 9.16. The maximum atomic E-state index is 12.7. The van der Waals surface area contributed by atoms with Crippen LogP contribution in [-0.2, 0) is 27.4 Å². The lowest BCUT2D eigenvalue weighted by molar-refractivity contribution is -0.171. The van der Waals surface area contributed by atoms with Gasteiger partial charge in [-0.25, -0.2) is 9.86 Å². The predicted molar refractivity (Wildman–Crippen MR) is 97.8 cm³/mol. The lowest BCUT2D eigenvalue weighted by Crippen LogP contribution is -2.48. The highest BCUT2D eigenvalue weighted by Crippen LogP contribution is 2.15. The zero-order valence-electron chi connectivity index (χ0n) is 14.8. The van der Waals surface area contributed by atoms with Crippen LogP contribution in [0.4, 0.5) is 4.79 Å². The lowest BCUT2D eigenvalue weighted by Gasteiger charge is -2.22. The van der Waals surface area contributed by atoms with E-state index in [1.807, 2.05) is 60.7 Å². The molecule has 7 nitrogen and oxygen atoms in total. The average molecular weight is 370 g/mol. The van der Waals surface area contributed by atoms with Gasteiger partial charge in [0, 0.05) is 6.42 Å². The summed E-state index contributed by atoms with van der Waals surface area (Å²) in [6.45, 7) is 0.944. The molecular weight excluding hydrogens is 348 g/mol. The Kier molecular flexibility index (Phi) is 6.40. The first-order chi connectivity index (χ1) is 13.1. The summed E-state index contributed by atoms with van der Waals surface area (Å²) in [6, 6.07) is 18.1. The van der Waals surface area contributed by atoms with E-state index in [4.69, 9.17) is 14.7 Å². The first-order valence-electron chi connectivity index (χ1n) is 8.75. The van der Waals surface area contributed by atoms with E-state index in [2.05, 4.69) is 5.32 Å². The van der Waals surface area contributed by atoms with Gasteiger partial charge in [-0.1, -0.05) is 60.7 Å². The smallest absolute Gasteiger partial charge is 0.405 e. The summed E-state index contributed by atoms with van der Waals surface area (Å²) in [5.41, 5.74) is 1.90. The third kappa shape index (κ3) is 5.54. The van der Waals surface area contributed by atoms with Crippen molar-refractivity contribution >= 4 is 12.0 Å². The Balaban J connectivity index is 1.56. The second-order valence-electron chi connectivity index (χ2n) is 6.31. The van der Waals surface area contributed by atoms with Gasteiger partial charge in [0.15, 0.2) is 0 Å². The fourth-order valence-corrected chi connectivity index (χ4v) is 2.88. The van der Waals surface area contributed by atoms with E-state index in [9.17, 15) is 9.59 Å². The number of hydroxylamine groups is 2. The van der Waals surface area contributed by atoms with Crippen LogP contribution >= 0.6 is 0 Å². The molecule has 142 valence electrons. The maximum absolute atomic E-state index is 12.7. The minimum Gasteiger partial charge on any atom is -0.465 e. The quantitative estimate of drug-likeness (QED) is 0.780. The van der Waals surface area contributed by atoms with Gasteiger partial charge in [-0.3, -0.25) is 9.63 Å². The van der Waals surface area contributed by atoms with Crippen LogP contribution in [0.15, 0.2) is 60.7 Å². The molecule has 2 atom stereocenters. The summed E-state index contributed by atoms with van der Waals surface area (Å²) >= 11 is 0. The van der Waals surface area contributed by atoms with E-state index in [1.54, 1.807) is 0 Å². The molecule has 1 unspecified atom stereocenters. The molecule has 1 aliphatic heterocycles. The molecule has 2 aromatic rings. The summed E-state index contributed by atoms with van der Waals surface area (Å²) in [6.07, 6.45) is -1.25. The molecule has 1 saturated heterocycles. The highest BCUT2D eigenvalue weighted by Gasteiger charge is 2.33. The highest BCUT2D eigenvalue weighted by atomic mass is 16.7. The molecule has 2 aromatic carbocycles. The summed E-state index contributed by atoms with van der Waals surface area (Å²) in [4.78, 5) is 29.3. The van der Waals surface area contributed by atoms with E-state index < -0.39 is 18.0 Å². The van der Waals surface area contributed by atoms with Gasteiger partial charge in [0.2, 0.25) is 0 Å². The van der Waals surface area contributed by atoms with Crippen LogP contribution in [-0.4, -0.2) is 47.5 Å². The van der Waals surface area contributed by atoms with E-state index >= 15 is 0 Å². The third-order valence-electron chi connectivity index (χ3n) is 4.24. The molecule has 7 heteroatoms. The molecule has 2 N–H and O–H groups in total. The van der Waals surface area contributed by atoms with Crippen molar-refractivity contribution in [2.24, 2.45) is 0 Å². The Morgan fingerprint density at radius 2 is 1.74 bits per heavy atom. The third-order valence-corrected chi connectivity index (χ3v) is 4.24. The van der Waals surface area contributed by atoms with Crippen molar-refractivity contribution in [2.45, 2.75) is 25.2 Å². The molecule has 0 radical (unpaired) electrons. The highest BCUT2D eigenvalue weighted by molar-refractivity contribution is 5.85. The summed E-state index contributed by atoms with van der Waals surface area (Å²) in [5, 5.41) is 12.5. The number of amides is 2. The van der Waals surface area contributed by atoms with Crippen molar-refractivity contribution in [3.63, 3.8) is 0 Å². The van der Waals surface area contributed by atoms with Gasteiger partial charge >= 0.3 is 6.09 Å². The Bertz CT molecular complexity index is 753. The number of nitrogens with zero attached hydrogens (tertiary/aromatic N) is 1. The van der Waals surface area contributed by atoms with Gasteiger partial charge in [-0.15, -0.1) is 0 Å². The Hall–Kier alpha value is -2.90. The number of rotatable bonds is 7. The van der Waals surface area contributed by atoms with Crippen molar-refractivity contribution < 1.29 is 24.3 Å². The Morgan fingerprint density at radius 3 is 2.37 bits per heavy atom. The standard InChI is InChI=1S/C20H22N2O5/c23-19(18(21-20(24)25)11-15-7-3-1-4-8-15)22-12-17(14-27-22)26-13-16-9-5-2-6-10-16/h1-10,17-18,21H,11-14H2,(H,24,25)/t17?,18-/m0/s1. The normalized spacial score (nSPS) is 17.5. The van der Waals surface area contributed by atoms with Crippen LogP contribution in [0, 0.1) is 0 Å². The van der Waals surface area contributed by atoms with Crippen LogP contribution < -0.4 is 5.32 Å². The predicted octanol–water partition coefficient (Wildman–Crippen LogP) is 2.22. The first-order valence-corrected chi connectivity index (χ1v) is 8.75. The molecule has 3 rings (SSSR count). The lowest BCUT2D eigenvalue weighted by atomic mass is 10.1. The van der Waals surface area contributed by atoms with Crippen molar-refractivity contribution in [2.75, 3.05) is 13.2 Å². The van der Waals surface area contributed by atoms with Crippen molar-refractivity contribution in [1.82, 2.24) is 10.4 Å². The molecule has 2 amide bonds. The molecule has 0 saturated carbocycles. The van der Waals surface area contributed by atoms with Gasteiger partial charge in [-0.2, -0.15) is 0 Å². The van der Waals surface area contributed by atoms with Crippen molar-refractivity contribution in [3.8, 4) is 0 Å². The maximum Gasteiger partial charge on any atom is 0.405 e. The van der Waals surface area contributed by atoms with Crippen molar-refractivity contribution in [1.29, 1.82) is 0 Å². The van der Waals surface area contributed by atoms with E-state index in [1.165, 1.54) is 5.06 Å². The number of benzene rings is 2. The monoisotopic (exact) mass is 370 g/mol. The zero-order chi connectivity index (χ0) is 19.1. The molecule has 1 fully saturated rings. The number of hydrogen-bond donors (Lipinski definition) is 2. The topological polar surface area (TPSA) is 88.1 Å². The molecule has 1 aliphatic rings. The zero-order valence-corrected chi connectivity index (χ0v) is 14.8. The molecule has 27 heavy (non-hydrogen) atoms. The molecule has 0 spiro atoms. The summed E-state index contributed by atoms with van der Waals surface area (Å²) in [5.74, 6) is -0.424. The van der Waals surface area contributed by atoms with Crippen LogP contribution in [0.3, 0.4) is 0 Å². The van der Waals surface area contributed by atoms with Gasteiger partial charge < -0.3 is 15.2 Å². The van der Waals surface area contributed by atoms with Crippen LogP contribution in [0.1, 0.15) is 11.1 Å². The van der Waals surface area contributed by atoms with Gasteiger partial charge in [-0.05, 0) is 11.1 Å². The number of ether oxygens (including phenoxy) is 1. The van der Waals surface area contributed by atoms with Gasteiger partial charge in [0.1, 0.15) is 18.8 Å². The SMILES string of the molecule is O=C(O)N[C@@H](Cc1ccccc1)C(=O)N1CC(OCc2ccccc2)CO1. The van der Waals surface area contributed by atoms with E-state index in [-0.39, 0.29) is 25.7 Å². The fraction of sp³-hybridized carbons (Fsp3) is 0.300. The number of carbonyl (C=O) groups excluding carboxylic acids is 1. The number of nitrogens with one attached hydrogen (secondary N) is 1. The Labute approximate surface area is 157 Å². The molecule has 0 aromatic heterocycles.